The maximum atomic E-state index is 14.5. The standard InChI is InChI=1S/C24H21FN6O/c1-27-11-15-2-4-16(5-3-15)19-12-28-24(31-14-17(10-26)30-23(19)31)29-13-20-18-8-9-32-22(18)7-6-21(20)25/h2-7,12,14,27H,8-9,11,13H2,1H3,(H,28,29). The van der Waals surface area contributed by atoms with Crippen LogP contribution in [0.2, 0.25) is 0 Å². The summed E-state index contributed by atoms with van der Waals surface area (Å²) in [6.07, 6.45) is 4.05. The van der Waals surface area contributed by atoms with Gasteiger partial charge in [-0.2, -0.15) is 5.26 Å². The molecule has 0 atom stereocenters. The van der Waals surface area contributed by atoms with E-state index in [1.54, 1.807) is 22.9 Å². The third-order valence-corrected chi connectivity index (χ3v) is 5.62. The van der Waals surface area contributed by atoms with Crippen LogP contribution in [0.3, 0.4) is 0 Å². The fourth-order valence-electron chi connectivity index (χ4n) is 4.05. The van der Waals surface area contributed by atoms with Crippen molar-refractivity contribution in [1.29, 1.82) is 5.26 Å². The van der Waals surface area contributed by atoms with Crippen LogP contribution in [0.25, 0.3) is 16.8 Å². The van der Waals surface area contributed by atoms with Gasteiger partial charge >= 0.3 is 0 Å². The smallest absolute Gasteiger partial charge is 0.208 e. The molecule has 2 aromatic heterocycles. The molecule has 8 heteroatoms. The highest BCUT2D eigenvalue weighted by molar-refractivity contribution is 5.78. The van der Waals surface area contributed by atoms with E-state index in [9.17, 15) is 9.65 Å². The Morgan fingerprint density at radius 1 is 1.19 bits per heavy atom. The molecule has 7 nitrogen and oxygen atoms in total. The Kier molecular flexibility index (Phi) is 5.17. The molecule has 0 fully saturated rings. The maximum absolute atomic E-state index is 14.5. The molecule has 1 aliphatic heterocycles. The van der Waals surface area contributed by atoms with Crippen molar-refractivity contribution in [2.45, 2.75) is 19.5 Å². The quantitative estimate of drug-likeness (QED) is 0.487. The predicted molar refractivity (Wildman–Crippen MR) is 119 cm³/mol. The van der Waals surface area contributed by atoms with Crippen LogP contribution < -0.4 is 15.4 Å². The van der Waals surface area contributed by atoms with Crippen LogP contribution in [-0.4, -0.2) is 28.0 Å². The molecular weight excluding hydrogens is 407 g/mol. The highest BCUT2D eigenvalue weighted by Crippen LogP contribution is 2.31. The largest absolute Gasteiger partial charge is 0.493 e. The van der Waals surface area contributed by atoms with E-state index in [1.165, 1.54) is 11.6 Å². The van der Waals surface area contributed by atoms with Crippen LogP contribution in [0.5, 0.6) is 5.75 Å². The fourth-order valence-corrected chi connectivity index (χ4v) is 4.05. The molecule has 2 N–H and O–H groups in total. The lowest BCUT2D eigenvalue weighted by molar-refractivity contribution is 0.356. The van der Waals surface area contributed by atoms with Crippen LogP contribution in [0.1, 0.15) is 22.4 Å². The number of ether oxygens (including phenoxy) is 1. The first kappa shape index (κ1) is 20.0. The Hall–Kier alpha value is -3.96. The number of hydrogen-bond donors (Lipinski definition) is 2. The van der Waals surface area contributed by atoms with E-state index >= 15 is 0 Å². The summed E-state index contributed by atoms with van der Waals surface area (Å²) in [6, 6.07) is 13.3. The number of anilines is 1. The zero-order chi connectivity index (χ0) is 22.1. The first-order valence-corrected chi connectivity index (χ1v) is 10.4. The number of hydrogen-bond acceptors (Lipinski definition) is 6. The second-order valence-corrected chi connectivity index (χ2v) is 7.61. The van der Waals surface area contributed by atoms with Crippen molar-refractivity contribution >= 4 is 11.6 Å². The molecule has 0 amide bonds. The van der Waals surface area contributed by atoms with Crippen LogP contribution in [-0.2, 0) is 19.5 Å². The first-order valence-electron chi connectivity index (χ1n) is 10.4. The normalized spacial score (nSPS) is 12.4. The van der Waals surface area contributed by atoms with E-state index in [2.05, 4.69) is 26.7 Å². The summed E-state index contributed by atoms with van der Waals surface area (Å²) < 4.78 is 21.8. The van der Waals surface area contributed by atoms with Gasteiger partial charge in [0, 0.05) is 42.4 Å². The van der Waals surface area contributed by atoms with E-state index < -0.39 is 0 Å². The van der Waals surface area contributed by atoms with Gasteiger partial charge in [0.2, 0.25) is 5.95 Å². The molecule has 2 aromatic carbocycles. The van der Waals surface area contributed by atoms with Crippen molar-refractivity contribution in [3.05, 3.63) is 77.0 Å². The van der Waals surface area contributed by atoms with Crippen molar-refractivity contribution in [3.63, 3.8) is 0 Å². The number of imidazole rings is 1. The molecule has 4 aromatic rings. The van der Waals surface area contributed by atoms with Crippen molar-refractivity contribution in [2.75, 3.05) is 19.0 Å². The van der Waals surface area contributed by atoms with Crippen molar-refractivity contribution < 1.29 is 9.13 Å². The lowest BCUT2D eigenvalue weighted by atomic mass is 10.0. The first-order chi connectivity index (χ1) is 15.7. The Labute approximate surface area is 184 Å². The molecule has 1 aliphatic rings. The second kappa shape index (κ2) is 8.29. The highest BCUT2D eigenvalue weighted by atomic mass is 19.1. The molecular formula is C24H21FN6O. The minimum Gasteiger partial charge on any atom is -0.493 e. The zero-order valence-corrected chi connectivity index (χ0v) is 17.5. The van der Waals surface area contributed by atoms with Gasteiger partial charge in [-0.15, -0.1) is 0 Å². The molecule has 3 heterocycles. The third kappa shape index (κ3) is 3.53. The Morgan fingerprint density at radius 2 is 2.03 bits per heavy atom. The monoisotopic (exact) mass is 428 g/mol. The zero-order valence-electron chi connectivity index (χ0n) is 17.5. The summed E-state index contributed by atoms with van der Waals surface area (Å²) in [6.45, 7) is 1.59. The van der Waals surface area contributed by atoms with Gasteiger partial charge < -0.3 is 15.4 Å². The number of rotatable bonds is 6. The molecule has 5 rings (SSSR count). The number of fused-ring (bicyclic) bond motifs is 2. The average Bonchev–Trinajstić information content (AvgIpc) is 3.46. The Balaban J connectivity index is 1.50. The number of benzene rings is 2. The molecule has 0 saturated heterocycles. The summed E-state index contributed by atoms with van der Waals surface area (Å²) >= 11 is 0. The summed E-state index contributed by atoms with van der Waals surface area (Å²) in [5.41, 5.74) is 5.29. The van der Waals surface area contributed by atoms with Crippen LogP contribution >= 0.6 is 0 Å². The van der Waals surface area contributed by atoms with Gasteiger partial charge in [-0.25, -0.2) is 14.4 Å². The summed E-state index contributed by atoms with van der Waals surface area (Å²) in [7, 11) is 1.91. The van der Waals surface area contributed by atoms with Crippen molar-refractivity contribution in [1.82, 2.24) is 19.7 Å². The van der Waals surface area contributed by atoms with E-state index in [0.29, 0.717) is 30.2 Å². The lowest BCUT2D eigenvalue weighted by Crippen LogP contribution is -2.09. The van der Waals surface area contributed by atoms with E-state index in [-0.39, 0.29) is 18.1 Å². The lowest BCUT2D eigenvalue weighted by Gasteiger charge is -2.13. The van der Waals surface area contributed by atoms with Crippen LogP contribution in [0.4, 0.5) is 10.3 Å². The minimum atomic E-state index is -0.278. The second-order valence-electron chi connectivity index (χ2n) is 7.61. The SMILES string of the molecule is CNCc1ccc(-c2cnc(NCc3c(F)ccc4c3CCO4)n3cc(C#N)nc23)cc1. The molecule has 0 unspecified atom stereocenters. The van der Waals surface area contributed by atoms with Gasteiger partial charge in [-0.3, -0.25) is 4.40 Å². The fraction of sp³-hybridized carbons (Fsp3) is 0.208. The number of halogens is 1. The predicted octanol–water partition coefficient (Wildman–Crippen LogP) is 3.67. The van der Waals surface area contributed by atoms with E-state index in [1.807, 2.05) is 31.3 Å². The highest BCUT2D eigenvalue weighted by Gasteiger charge is 2.20. The van der Waals surface area contributed by atoms with Crippen LogP contribution in [0.15, 0.2) is 48.8 Å². The van der Waals surface area contributed by atoms with Gasteiger partial charge in [0.05, 0.1) is 12.8 Å². The van der Waals surface area contributed by atoms with Gasteiger partial charge in [0.25, 0.3) is 0 Å². The van der Waals surface area contributed by atoms with E-state index in [4.69, 9.17) is 4.74 Å². The summed E-state index contributed by atoms with van der Waals surface area (Å²) in [5.74, 6) is 0.938. The Morgan fingerprint density at radius 3 is 2.81 bits per heavy atom. The summed E-state index contributed by atoms with van der Waals surface area (Å²) in [4.78, 5) is 9.04. The minimum absolute atomic E-state index is 0.249. The van der Waals surface area contributed by atoms with Gasteiger partial charge in [-0.1, -0.05) is 24.3 Å². The van der Waals surface area contributed by atoms with E-state index in [0.717, 1.165) is 29.0 Å². The molecule has 0 radical (unpaired) electrons. The van der Waals surface area contributed by atoms with Crippen LogP contribution in [0, 0.1) is 17.1 Å². The van der Waals surface area contributed by atoms with Gasteiger partial charge in [0.15, 0.2) is 11.3 Å². The molecule has 160 valence electrons. The van der Waals surface area contributed by atoms with Gasteiger partial charge in [0.1, 0.15) is 17.6 Å². The molecule has 32 heavy (non-hydrogen) atoms. The molecule has 0 aliphatic carbocycles. The van der Waals surface area contributed by atoms with Gasteiger partial charge in [-0.05, 0) is 30.3 Å². The molecule has 0 saturated carbocycles. The number of nitrogens with one attached hydrogen (secondary N) is 2. The maximum Gasteiger partial charge on any atom is 0.208 e. The number of nitrogens with zero attached hydrogens (tertiary/aromatic N) is 4. The number of nitriles is 1. The van der Waals surface area contributed by atoms with Crippen molar-refractivity contribution in [2.24, 2.45) is 0 Å². The average molecular weight is 428 g/mol. The molecule has 0 spiro atoms. The topological polar surface area (TPSA) is 87.3 Å². The number of aromatic nitrogens is 3. The van der Waals surface area contributed by atoms with Crippen molar-refractivity contribution in [3.8, 4) is 22.9 Å². The third-order valence-electron chi connectivity index (χ3n) is 5.62. The Bertz CT molecular complexity index is 1340. The molecule has 0 bridgehead atoms. The summed E-state index contributed by atoms with van der Waals surface area (Å²) in [5, 5.41) is 15.7.